The summed E-state index contributed by atoms with van der Waals surface area (Å²) < 4.78 is 24.2. The van der Waals surface area contributed by atoms with Gasteiger partial charge in [-0.25, -0.2) is 8.42 Å². The van der Waals surface area contributed by atoms with E-state index in [1.54, 1.807) is 6.07 Å². The van der Waals surface area contributed by atoms with Gasteiger partial charge in [0.1, 0.15) is 0 Å². The van der Waals surface area contributed by atoms with Gasteiger partial charge in [-0.1, -0.05) is 24.4 Å². The van der Waals surface area contributed by atoms with Crippen molar-refractivity contribution in [3.05, 3.63) is 24.3 Å². The Labute approximate surface area is 79.5 Å². The second-order valence-electron chi connectivity index (χ2n) is 2.93. The SMILES string of the molecule is CBc1cccc(NS(C)(=O)=O)c1. The van der Waals surface area contributed by atoms with Crippen molar-refractivity contribution in [2.24, 2.45) is 0 Å². The van der Waals surface area contributed by atoms with Crippen LogP contribution in [-0.2, 0) is 10.0 Å². The molecule has 0 saturated heterocycles. The molecule has 0 heterocycles. The van der Waals surface area contributed by atoms with Crippen molar-refractivity contribution in [1.29, 1.82) is 0 Å². The summed E-state index contributed by atoms with van der Waals surface area (Å²) in [6, 6.07) is 7.38. The Morgan fingerprint density at radius 1 is 1.38 bits per heavy atom. The van der Waals surface area contributed by atoms with Gasteiger partial charge >= 0.3 is 0 Å². The fourth-order valence-electron chi connectivity index (χ4n) is 1.07. The summed E-state index contributed by atoms with van der Waals surface area (Å²) in [6.07, 6.45) is 1.14. The summed E-state index contributed by atoms with van der Waals surface area (Å²) in [5.74, 6) is 0. The zero-order chi connectivity index (χ0) is 9.90. The first-order valence-electron chi connectivity index (χ1n) is 4.08. The molecular weight excluding hydrogens is 185 g/mol. The van der Waals surface area contributed by atoms with Crippen LogP contribution < -0.4 is 10.2 Å². The third kappa shape index (κ3) is 3.50. The minimum Gasteiger partial charge on any atom is -0.284 e. The molecule has 1 aromatic rings. The molecule has 1 aromatic carbocycles. The number of hydrogen-bond acceptors (Lipinski definition) is 2. The average Bonchev–Trinajstić information content (AvgIpc) is 2.01. The van der Waals surface area contributed by atoms with Crippen molar-refractivity contribution in [3.63, 3.8) is 0 Å². The summed E-state index contributed by atoms with van der Waals surface area (Å²) in [5, 5.41) is 0. The maximum Gasteiger partial charge on any atom is 0.229 e. The van der Waals surface area contributed by atoms with Crippen LogP contribution in [0, 0.1) is 0 Å². The Kier molecular flexibility index (Phi) is 2.98. The topological polar surface area (TPSA) is 46.2 Å². The first-order valence-corrected chi connectivity index (χ1v) is 5.97. The van der Waals surface area contributed by atoms with Gasteiger partial charge in [-0.3, -0.25) is 4.72 Å². The first-order chi connectivity index (χ1) is 6.01. The lowest BCUT2D eigenvalue weighted by Gasteiger charge is -2.04. The van der Waals surface area contributed by atoms with Gasteiger partial charge in [-0.05, 0) is 12.1 Å². The summed E-state index contributed by atoms with van der Waals surface area (Å²) in [5.41, 5.74) is 1.75. The smallest absolute Gasteiger partial charge is 0.229 e. The van der Waals surface area contributed by atoms with E-state index in [0.29, 0.717) is 5.69 Å². The summed E-state index contributed by atoms with van der Waals surface area (Å²) in [6.45, 7) is 2.03. The number of hydrogen-bond donors (Lipinski definition) is 1. The van der Waals surface area contributed by atoms with Gasteiger partial charge in [0.25, 0.3) is 0 Å². The highest BCUT2D eigenvalue weighted by atomic mass is 32.2. The molecule has 70 valence electrons. The van der Waals surface area contributed by atoms with E-state index in [4.69, 9.17) is 0 Å². The Hall–Kier alpha value is -0.965. The molecule has 0 bridgehead atoms. The van der Waals surface area contributed by atoms with Crippen molar-refractivity contribution in [1.82, 2.24) is 0 Å². The van der Waals surface area contributed by atoms with E-state index >= 15 is 0 Å². The molecule has 1 N–H and O–H groups in total. The van der Waals surface area contributed by atoms with Gasteiger partial charge in [0.2, 0.25) is 10.0 Å². The molecule has 0 radical (unpaired) electrons. The third-order valence-electron chi connectivity index (χ3n) is 1.64. The number of anilines is 1. The molecule has 0 aliphatic heterocycles. The van der Waals surface area contributed by atoms with Crippen molar-refractivity contribution in [2.75, 3.05) is 11.0 Å². The lowest BCUT2D eigenvalue weighted by atomic mass is 9.73. The Morgan fingerprint density at radius 2 is 2.08 bits per heavy atom. The molecule has 0 unspecified atom stereocenters. The molecule has 0 amide bonds. The molecule has 3 nitrogen and oxygen atoms in total. The zero-order valence-corrected chi connectivity index (χ0v) is 8.56. The molecule has 0 atom stereocenters. The summed E-state index contributed by atoms with van der Waals surface area (Å²) >= 11 is 0. The molecule has 1 rings (SSSR count). The highest BCUT2D eigenvalue weighted by Gasteiger charge is 2.01. The normalized spacial score (nSPS) is 10.9. The molecule has 0 fully saturated rings. The molecular formula is C8H12BNO2S. The van der Waals surface area contributed by atoms with E-state index < -0.39 is 10.0 Å². The minimum absolute atomic E-state index is 0.627. The highest BCUT2D eigenvalue weighted by Crippen LogP contribution is 2.04. The third-order valence-corrected chi connectivity index (χ3v) is 2.24. The van der Waals surface area contributed by atoms with E-state index in [-0.39, 0.29) is 0 Å². The lowest BCUT2D eigenvalue weighted by Crippen LogP contribution is -2.14. The number of rotatable bonds is 3. The van der Waals surface area contributed by atoms with E-state index in [0.717, 1.165) is 19.0 Å². The van der Waals surface area contributed by atoms with E-state index in [9.17, 15) is 8.42 Å². The predicted molar refractivity (Wildman–Crippen MR) is 57.6 cm³/mol. The van der Waals surface area contributed by atoms with Crippen LogP contribution in [0.15, 0.2) is 24.3 Å². The quantitative estimate of drug-likeness (QED) is 0.702. The van der Waals surface area contributed by atoms with E-state index in [2.05, 4.69) is 4.72 Å². The van der Waals surface area contributed by atoms with Crippen LogP contribution >= 0.6 is 0 Å². The molecule has 0 aromatic heterocycles. The highest BCUT2D eigenvalue weighted by molar-refractivity contribution is 7.92. The molecule has 5 heteroatoms. The van der Waals surface area contributed by atoms with Crippen molar-refractivity contribution in [3.8, 4) is 0 Å². The van der Waals surface area contributed by atoms with Crippen LogP contribution in [0.3, 0.4) is 0 Å². The Balaban J connectivity index is 2.90. The molecule has 0 aliphatic rings. The standard InChI is InChI=1S/C8H12BNO2S/c1-9-7-4-3-5-8(6-7)10-13(2,11)12/h3-6,9-10H,1-2H3. The van der Waals surface area contributed by atoms with E-state index in [1.807, 2.05) is 25.0 Å². The Bertz CT molecular complexity index is 389. The van der Waals surface area contributed by atoms with Crippen LogP contribution in [0.25, 0.3) is 0 Å². The van der Waals surface area contributed by atoms with E-state index in [1.165, 1.54) is 0 Å². The molecule has 0 aliphatic carbocycles. The van der Waals surface area contributed by atoms with Gasteiger partial charge in [-0.15, -0.1) is 0 Å². The van der Waals surface area contributed by atoms with Gasteiger partial charge in [0.05, 0.1) is 6.26 Å². The second kappa shape index (κ2) is 3.83. The average molecular weight is 197 g/mol. The second-order valence-corrected chi connectivity index (χ2v) is 4.68. The van der Waals surface area contributed by atoms with Gasteiger partial charge < -0.3 is 0 Å². The van der Waals surface area contributed by atoms with Crippen molar-refractivity contribution in [2.45, 2.75) is 6.82 Å². The molecule has 13 heavy (non-hydrogen) atoms. The van der Waals surface area contributed by atoms with Crippen LogP contribution in [0.5, 0.6) is 0 Å². The maximum atomic E-state index is 10.9. The van der Waals surface area contributed by atoms with Crippen LogP contribution in [0.1, 0.15) is 0 Å². The summed E-state index contributed by atoms with van der Waals surface area (Å²) in [4.78, 5) is 0. The number of benzene rings is 1. The lowest BCUT2D eigenvalue weighted by molar-refractivity contribution is 0.607. The predicted octanol–water partition coefficient (Wildman–Crippen LogP) is 0.168. The van der Waals surface area contributed by atoms with Crippen molar-refractivity contribution < 1.29 is 8.42 Å². The first kappa shape index (κ1) is 10.1. The fourth-order valence-corrected chi connectivity index (χ4v) is 1.62. The number of sulfonamides is 1. The largest absolute Gasteiger partial charge is 0.284 e. The summed E-state index contributed by atoms with van der Waals surface area (Å²) in [7, 11) is -2.25. The van der Waals surface area contributed by atoms with Gasteiger partial charge in [0.15, 0.2) is 7.28 Å². The van der Waals surface area contributed by atoms with Crippen LogP contribution in [0.2, 0.25) is 6.82 Å². The Morgan fingerprint density at radius 3 is 2.62 bits per heavy atom. The minimum atomic E-state index is -3.15. The van der Waals surface area contributed by atoms with Crippen molar-refractivity contribution >= 4 is 28.5 Å². The maximum absolute atomic E-state index is 10.9. The zero-order valence-electron chi connectivity index (χ0n) is 7.74. The number of nitrogens with one attached hydrogen (secondary N) is 1. The van der Waals surface area contributed by atoms with Crippen LogP contribution in [0.4, 0.5) is 5.69 Å². The van der Waals surface area contributed by atoms with Gasteiger partial charge in [-0.2, -0.15) is 0 Å². The van der Waals surface area contributed by atoms with Crippen LogP contribution in [-0.4, -0.2) is 22.0 Å². The van der Waals surface area contributed by atoms with Gasteiger partial charge in [0, 0.05) is 5.69 Å². The fraction of sp³-hybridized carbons (Fsp3) is 0.250. The molecule has 0 saturated carbocycles. The monoisotopic (exact) mass is 197 g/mol. The molecule has 0 spiro atoms.